The summed E-state index contributed by atoms with van der Waals surface area (Å²) in [4.78, 5) is 16.1. The highest BCUT2D eigenvalue weighted by Gasteiger charge is 2.62. The van der Waals surface area contributed by atoms with Crippen LogP contribution in [0.15, 0.2) is 47.6 Å². The molecule has 9 heteroatoms. The monoisotopic (exact) mass is 430 g/mol. The van der Waals surface area contributed by atoms with Gasteiger partial charge < -0.3 is 10.2 Å². The van der Waals surface area contributed by atoms with Gasteiger partial charge in [0.1, 0.15) is 5.78 Å². The lowest BCUT2D eigenvalue weighted by Gasteiger charge is -2.29. The Labute approximate surface area is 169 Å². The Morgan fingerprint density at radius 2 is 1.89 bits per heavy atom. The van der Waals surface area contributed by atoms with E-state index in [0.29, 0.717) is 11.3 Å². The second-order valence-corrected chi connectivity index (χ2v) is 7.30. The van der Waals surface area contributed by atoms with Crippen LogP contribution in [0.5, 0.6) is 0 Å². The van der Waals surface area contributed by atoms with Crippen LogP contribution in [0.2, 0.25) is 10.0 Å². The van der Waals surface area contributed by atoms with Crippen LogP contribution in [-0.2, 0) is 15.2 Å². The van der Waals surface area contributed by atoms with E-state index in [1.54, 1.807) is 24.3 Å². The Morgan fingerprint density at radius 3 is 2.50 bits per heavy atom. The molecule has 0 aromatic heterocycles. The lowest BCUT2D eigenvalue weighted by molar-refractivity contribution is -0.275. The third-order valence-electron chi connectivity index (χ3n) is 4.25. The molecule has 0 aliphatic carbocycles. The number of nitrogens with one attached hydrogen (secondary N) is 1. The molecule has 1 aliphatic heterocycles. The van der Waals surface area contributed by atoms with E-state index in [1.165, 1.54) is 25.1 Å². The van der Waals surface area contributed by atoms with Gasteiger partial charge in [-0.2, -0.15) is 13.2 Å². The highest BCUT2D eigenvalue weighted by atomic mass is 35.5. The molecule has 0 saturated heterocycles. The van der Waals surface area contributed by atoms with E-state index < -0.39 is 18.2 Å². The zero-order valence-corrected chi connectivity index (χ0v) is 16.1. The molecule has 4 nitrogen and oxygen atoms in total. The maximum atomic E-state index is 14.0. The standard InChI is InChI=1S/C19H15Cl2F3N2O2/c1-11(27)10-25-16-4-2-3-12(5-16)17-9-18(28-26-17,19(22,23)24)13-6-14(20)8-15(21)7-13/h2-8,25H,9-10H2,1H3. The van der Waals surface area contributed by atoms with Gasteiger partial charge in [0.05, 0.1) is 12.3 Å². The Bertz CT molecular complexity index is 927. The van der Waals surface area contributed by atoms with Gasteiger partial charge in [-0.25, -0.2) is 0 Å². The number of carbonyl (C=O) groups is 1. The fourth-order valence-electron chi connectivity index (χ4n) is 2.88. The number of oxime groups is 1. The maximum absolute atomic E-state index is 14.0. The Kier molecular flexibility index (Phi) is 5.59. The van der Waals surface area contributed by atoms with Crippen LogP contribution in [0, 0.1) is 0 Å². The van der Waals surface area contributed by atoms with Crippen molar-refractivity contribution in [3.63, 3.8) is 0 Å². The van der Waals surface area contributed by atoms with Crippen LogP contribution in [-0.4, -0.2) is 24.2 Å². The first kappa shape index (κ1) is 20.5. The van der Waals surface area contributed by atoms with E-state index in [4.69, 9.17) is 28.0 Å². The Hall–Kier alpha value is -2.25. The van der Waals surface area contributed by atoms with Crippen LogP contribution in [0.3, 0.4) is 0 Å². The van der Waals surface area contributed by atoms with Gasteiger partial charge in [0, 0.05) is 33.3 Å². The normalized spacial score (nSPS) is 19.1. The number of rotatable bonds is 5. The maximum Gasteiger partial charge on any atom is 0.435 e. The van der Waals surface area contributed by atoms with E-state index in [1.807, 2.05) is 0 Å². The SMILES string of the molecule is CC(=O)CNc1cccc(C2=NOC(c3cc(Cl)cc(Cl)c3)(C(F)(F)F)C2)c1. The van der Waals surface area contributed by atoms with Crippen molar-refractivity contribution in [1.82, 2.24) is 0 Å². The largest absolute Gasteiger partial charge is 0.435 e. The van der Waals surface area contributed by atoms with E-state index in [2.05, 4.69) is 10.5 Å². The van der Waals surface area contributed by atoms with Crippen molar-refractivity contribution < 1.29 is 22.8 Å². The molecule has 1 heterocycles. The van der Waals surface area contributed by atoms with Crippen molar-refractivity contribution >= 4 is 40.4 Å². The molecule has 1 aliphatic rings. The van der Waals surface area contributed by atoms with Crippen LogP contribution >= 0.6 is 23.2 Å². The molecule has 1 unspecified atom stereocenters. The fourth-order valence-corrected chi connectivity index (χ4v) is 3.41. The number of anilines is 1. The van der Waals surface area contributed by atoms with E-state index in [0.717, 1.165) is 0 Å². The first-order chi connectivity index (χ1) is 13.1. The number of alkyl halides is 3. The summed E-state index contributed by atoms with van der Waals surface area (Å²) in [6.45, 7) is 1.54. The van der Waals surface area contributed by atoms with Crippen molar-refractivity contribution in [2.75, 3.05) is 11.9 Å². The van der Waals surface area contributed by atoms with Crippen LogP contribution in [0.25, 0.3) is 0 Å². The molecule has 0 fully saturated rings. The molecule has 28 heavy (non-hydrogen) atoms. The minimum atomic E-state index is -4.75. The van der Waals surface area contributed by atoms with Gasteiger partial charge >= 0.3 is 6.18 Å². The molecule has 0 amide bonds. The Morgan fingerprint density at radius 1 is 1.21 bits per heavy atom. The van der Waals surface area contributed by atoms with Crippen LogP contribution in [0.4, 0.5) is 18.9 Å². The molecule has 1 atom stereocenters. The predicted molar refractivity (Wildman–Crippen MR) is 102 cm³/mol. The van der Waals surface area contributed by atoms with Gasteiger partial charge in [-0.05, 0) is 37.3 Å². The van der Waals surface area contributed by atoms with Crippen molar-refractivity contribution in [2.24, 2.45) is 5.16 Å². The van der Waals surface area contributed by atoms with Gasteiger partial charge in [0.25, 0.3) is 5.60 Å². The molecular weight excluding hydrogens is 416 g/mol. The van der Waals surface area contributed by atoms with Gasteiger partial charge in [-0.3, -0.25) is 4.79 Å². The lowest BCUT2D eigenvalue weighted by Crippen LogP contribution is -2.42. The van der Waals surface area contributed by atoms with E-state index >= 15 is 0 Å². The van der Waals surface area contributed by atoms with Gasteiger partial charge in [0.2, 0.25) is 0 Å². The molecular formula is C19H15Cl2F3N2O2. The predicted octanol–water partition coefficient (Wildman–Crippen LogP) is 5.58. The summed E-state index contributed by atoms with van der Waals surface area (Å²) in [5.41, 5.74) is -1.74. The number of hydrogen-bond acceptors (Lipinski definition) is 4. The first-order valence-electron chi connectivity index (χ1n) is 8.23. The number of Topliss-reactive ketones (excluding diaryl/α,β-unsaturated/α-hetero) is 1. The number of carbonyl (C=O) groups excluding carboxylic acids is 1. The number of halogens is 5. The van der Waals surface area contributed by atoms with Gasteiger partial charge in [0.15, 0.2) is 0 Å². The molecule has 2 aromatic carbocycles. The second kappa shape index (κ2) is 7.64. The summed E-state index contributed by atoms with van der Waals surface area (Å²) in [5.74, 6) is -0.0686. The smallest absolute Gasteiger partial charge is 0.378 e. The number of benzene rings is 2. The third-order valence-corrected chi connectivity index (χ3v) is 4.69. The molecule has 0 bridgehead atoms. The van der Waals surface area contributed by atoms with E-state index in [-0.39, 0.29) is 33.6 Å². The van der Waals surface area contributed by atoms with Crippen molar-refractivity contribution in [3.8, 4) is 0 Å². The molecule has 2 aromatic rings. The quantitative estimate of drug-likeness (QED) is 0.673. The number of nitrogens with zero attached hydrogens (tertiary/aromatic N) is 1. The average Bonchev–Trinajstić information content (AvgIpc) is 3.06. The van der Waals surface area contributed by atoms with Crippen LogP contribution in [0.1, 0.15) is 24.5 Å². The minimum Gasteiger partial charge on any atom is -0.378 e. The Balaban J connectivity index is 1.94. The molecule has 0 saturated carbocycles. The van der Waals surface area contributed by atoms with Crippen molar-refractivity contribution in [1.29, 1.82) is 0 Å². The van der Waals surface area contributed by atoms with Crippen molar-refractivity contribution in [3.05, 3.63) is 63.6 Å². The van der Waals surface area contributed by atoms with Gasteiger partial charge in [-0.1, -0.05) is 40.5 Å². The van der Waals surface area contributed by atoms with Gasteiger partial charge in [-0.15, -0.1) is 0 Å². The highest BCUT2D eigenvalue weighted by molar-refractivity contribution is 6.34. The molecule has 1 N–H and O–H groups in total. The zero-order valence-electron chi connectivity index (χ0n) is 14.6. The summed E-state index contributed by atoms with van der Waals surface area (Å²) in [6.07, 6.45) is -5.29. The number of ketones is 1. The summed E-state index contributed by atoms with van der Waals surface area (Å²) in [7, 11) is 0. The fraction of sp³-hybridized carbons (Fsp3) is 0.263. The van der Waals surface area contributed by atoms with Crippen molar-refractivity contribution in [2.45, 2.75) is 25.1 Å². The zero-order chi connectivity index (χ0) is 20.5. The molecule has 0 radical (unpaired) electrons. The highest BCUT2D eigenvalue weighted by Crippen LogP contribution is 2.49. The summed E-state index contributed by atoms with van der Waals surface area (Å²) in [5, 5.41) is 6.75. The first-order valence-corrected chi connectivity index (χ1v) is 8.98. The minimum absolute atomic E-state index is 0.0682. The summed E-state index contributed by atoms with van der Waals surface area (Å²) >= 11 is 11.8. The summed E-state index contributed by atoms with van der Waals surface area (Å²) in [6, 6.07) is 10.3. The lowest BCUT2D eigenvalue weighted by atomic mass is 9.86. The molecule has 148 valence electrons. The molecule has 0 spiro atoms. The average molecular weight is 431 g/mol. The van der Waals surface area contributed by atoms with Crippen LogP contribution < -0.4 is 5.32 Å². The topological polar surface area (TPSA) is 50.7 Å². The van der Waals surface area contributed by atoms with E-state index in [9.17, 15) is 18.0 Å². The second-order valence-electron chi connectivity index (χ2n) is 6.43. The number of hydrogen-bond donors (Lipinski definition) is 1. The molecule has 3 rings (SSSR count). The summed E-state index contributed by atoms with van der Waals surface area (Å²) < 4.78 is 42.0. The third kappa shape index (κ3) is 4.10.